The van der Waals surface area contributed by atoms with Crippen molar-refractivity contribution in [3.8, 4) is 0 Å². The van der Waals surface area contributed by atoms with Crippen LogP contribution in [0.15, 0.2) is 30.3 Å². The maximum Gasteiger partial charge on any atom is 0.234 e. The van der Waals surface area contributed by atoms with Gasteiger partial charge in [0.15, 0.2) is 0 Å². The van der Waals surface area contributed by atoms with Gasteiger partial charge in [0.25, 0.3) is 0 Å². The zero-order valence-corrected chi connectivity index (χ0v) is 17.1. The Hall–Kier alpha value is -1.40. The Kier molecular flexibility index (Phi) is 6.93. The number of hydrogen-bond donors (Lipinski definition) is 1. The third kappa shape index (κ3) is 6.32. The van der Waals surface area contributed by atoms with Crippen molar-refractivity contribution in [2.45, 2.75) is 51.4 Å². The number of piperidine rings is 1. The molecule has 1 aromatic rings. The van der Waals surface area contributed by atoms with Crippen molar-refractivity contribution in [2.24, 2.45) is 11.8 Å². The summed E-state index contributed by atoms with van der Waals surface area (Å²) >= 11 is 0. The molecule has 150 valence electrons. The second-order valence-corrected chi connectivity index (χ2v) is 10.1. The number of sulfonamides is 1. The molecule has 0 aromatic heterocycles. The van der Waals surface area contributed by atoms with Crippen molar-refractivity contribution in [3.63, 3.8) is 0 Å². The number of likely N-dealkylation sites (tertiary alicyclic amines) is 1. The lowest BCUT2D eigenvalue weighted by Crippen LogP contribution is -2.36. The molecule has 1 aliphatic heterocycles. The molecule has 27 heavy (non-hydrogen) atoms. The number of benzene rings is 1. The number of carbonyl (C=O) groups is 1. The van der Waals surface area contributed by atoms with E-state index in [-0.39, 0.29) is 18.1 Å². The van der Waals surface area contributed by atoms with E-state index in [4.69, 9.17) is 0 Å². The molecule has 6 heteroatoms. The number of carbonyl (C=O) groups excluding carboxylic acids is 1. The monoisotopic (exact) mass is 392 g/mol. The van der Waals surface area contributed by atoms with Crippen LogP contribution >= 0.6 is 0 Å². The average Bonchev–Trinajstić information content (AvgIpc) is 3.43. The van der Waals surface area contributed by atoms with Crippen molar-refractivity contribution >= 4 is 15.9 Å². The van der Waals surface area contributed by atoms with Crippen molar-refractivity contribution < 1.29 is 13.2 Å². The van der Waals surface area contributed by atoms with Gasteiger partial charge in [-0.25, -0.2) is 8.42 Å². The minimum Gasteiger partial charge on any atom is -0.303 e. The molecule has 0 radical (unpaired) electrons. The molecular formula is C21H32N2O3S. The molecule has 2 fully saturated rings. The van der Waals surface area contributed by atoms with Crippen LogP contribution in [0.3, 0.4) is 0 Å². The third-order valence-electron chi connectivity index (χ3n) is 6.02. The van der Waals surface area contributed by atoms with Gasteiger partial charge in [0.05, 0.1) is 5.75 Å². The third-order valence-corrected chi connectivity index (χ3v) is 7.32. The van der Waals surface area contributed by atoms with E-state index in [9.17, 15) is 13.2 Å². The van der Waals surface area contributed by atoms with Gasteiger partial charge in [0.2, 0.25) is 15.9 Å². The molecule has 2 aliphatic rings. The molecule has 1 amide bonds. The Morgan fingerprint density at radius 1 is 1.19 bits per heavy atom. The largest absolute Gasteiger partial charge is 0.303 e. The van der Waals surface area contributed by atoms with E-state index < -0.39 is 10.0 Å². The van der Waals surface area contributed by atoms with Gasteiger partial charge >= 0.3 is 0 Å². The summed E-state index contributed by atoms with van der Waals surface area (Å²) in [7, 11) is -3.42. The highest BCUT2D eigenvalue weighted by Crippen LogP contribution is 2.51. The van der Waals surface area contributed by atoms with Crippen LogP contribution in [-0.4, -0.2) is 44.6 Å². The van der Waals surface area contributed by atoms with Crippen LogP contribution in [0.1, 0.15) is 56.9 Å². The van der Waals surface area contributed by atoms with Crippen molar-refractivity contribution in [1.29, 1.82) is 0 Å². The molecular weight excluding hydrogens is 360 g/mol. The van der Waals surface area contributed by atoms with E-state index in [2.05, 4.69) is 40.0 Å². The van der Waals surface area contributed by atoms with Crippen LogP contribution in [0.5, 0.6) is 0 Å². The Bertz CT molecular complexity index is 712. The fourth-order valence-corrected chi connectivity index (χ4v) is 4.84. The van der Waals surface area contributed by atoms with Crippen molar-refractivity contribution in [3.05, 3.63) is 35.9 Å². The van der Waals surface area contributed by atoms with E-state index >= 15 is 0 Å². The molecule has 2 atom stereocenters. The van der Waals surface area contributed by atoms with Gasteiger partial charge in [-0.2, -0.15) is 0 Å². The molecule has 1 heterocycles. The van der Waals surface area contributed by atoms with E-state index in [1.807, 2.05) is 0 Å². The molecule has 0 unspecified atom stereocenters. The van der Waals surface area contributed by atoms with Crippen LogP contribution in [0, 0.1) is 11.8 Å². The topological polar surface area (TPSA) is 66.5 Å². The molecule has 0 bridgehead atoms. The number of nitrogens with zero attached hydrogens (tertiary/aromatic N) is 1. The van der Waals surface area contributed by atoms with E-state index in [0.29, 0.717) is 6.42 Å². The molecule has 3 rings (SSSR count). The van der Waals surface area contributed by atoms with E-state index in [1.54, 1.807) is 0 Å². The minimum absolute atomic E-state index is 0.0572. The number of hydrogen-bond acceptors (Lipinski definition) is 4. The highest BCUT2D eigenvalue weighted by atomic mass is 32.2. The summed E-state index contributed by atoms with van der Waals surface area (Å²) in [6.45, 7) is 4.61. The minimum atomic E-state index is -3.42. The van der Waals surface area contributed by atoms with Crippen LogP contribution in [-0.2, 0) is 14.8 Å². The lowest BCUT2D eigenvalue weighted by atomic mass is 9.90. The van der Waals surface area contributed by atoms with E-state index in [1.165, 1.54) is 38.2 Å². The maximum atomic E-state index is 11.7. The summed E-state index contributed by atoms with van der Waals surface area (Å²) in [6, 6.07) is 10.9. The maximum absolute atomic E-state index is 11.7. The molecule has 1 N–H and O–H groups in total. The lowest BCUT2D eigenvalue weighted by Gasteiger charge is -2.32. The summed E-state index contributed by atoms with van der Waals surface area (Å²) in [6.07, 6.45) is 6.18. The Labute approximate surface area is 163 Å². The first kappa shape index (κ1) is 20.3. The van der Waals surface area contributed by atoms with Gasteiger partial charge in [-0.1, -0.05) is 30.3 Å². The fraction of sp³-hybridized carbons (Fsp3) is 0.667. The first-order valence-corrected chi connectivity index (χ1v) is 11.9. The molecule has 1 aromatic carbocycles. The molecule has 5 nitrogen and oxygen atoms in total. The summed E-state index contributed by atoms with van der Waals surface area (Å²) < 4.78 is 24.9. The number of amides is 1. The molecule has 1 aliphatic carbocycles. The van der Waals surface area contributed by atoms with Crippen molar-refractivity contribution in [2.75, 3.05) is 25.4 Å². The normalized spacial score (nSPS) is 23.9. The number of nitrogens with one attached hydrogen (secondary N) is 1. The second kappa shape index (κ2) is 9.20. The standard InChI is InChI=1S/C21H32N2O3S/c1-2-27(25,26)22-21(24)9-6-12-23-13-10-17(11-14-23)15-19-16-20(19)18-7-4-3-5-8-18/h3-5,7-8,17,19-20H,2,6,9-16H2,1H3,(H,22,24)/t19-,20+/m1/s1. The first-order valence-electron chi connectivity index (χ1n) is 10.3. The Morgan fingerprint density at radius 2 is 1.89 bits per heavy atom. The number of rotatable bonds is 9. The van der Waals surface area contributed by atoms with Crippen LogP contribution in [0.2, 0.25) is 0 Å². The molecule has 1 saturated carbocycles. The zero-order chi connectivity index (χ0) is 19.3. The predicted octanol–water partition coefficient (Wildman–Crippen LogP) is 3.14. The summed E-state index contributed by atoms with van der Waals surface area (Å²) in [5.41, 5.74) is 1.50. The molecule has 0 spiro atoms. The highest BCUT2D eigenvalue weighted by molar-refractivity contribution is 7.90. The van der Waals surface area contributed by atoms with Gasteiger partial charge < -0.3 is 4.90 Å². The Morgan fingerprint density at radius 3 is 2.56 bits per heavy atom. The van der Waals surface area contributed by atoms with Gasteiger partial charge in [-0.3, -0.25) is 9.52 Å². The second-order valence-electron chi connectivity index (χ2n) is 8.07. The first-order chi connectivity index (χ1) is 13.0. The van der Waals surface area contributed by atoms with Gasteiger partial charge in [-0.05, 0) is 82.0 Å². The van der Waals surface area contributed by atoms with Gasteiger partial charge in [0, 0.05) is 6.42 Å². The predicted molar refractivity (Wildman–Crippen MR) is 108 cm³/mol. The highest BCUT2D eigenvalue weighted by Gasteiger charge is 2.39. The Balaban J connectivity index is 1.29. The summed E-state index contributed by atoms with van der Waals surface area (Å²) in [5.74, 6) is 2.04. The van der Waals surface area contributed by atoms with Gasteiger partial charge in [0.1, 0.15) is 0 Å². The van der Waals surface area contributed by atoms with Crippen LogP contribution < -0.4 is 4.72 Å². The van der Waals surface area contributed by atoms with Gasteiger partial charge in [-0.15, -0.1) is 0 Å². The average molecular weight is 393 g/mol. The molecule has 1 saturated heterocycles. The van der Waals surface area contributed by atoms with Crippen LogP contribution in [0.25, 0.3) is 0 Å². The lowest BCUT2D eigenvalue weighted by molar-refractivity contribution is -0.119. The fourth-order valence-electron chi connectivity index (χ4n) is 4.25. The SMILES string of the molecule is CCS(=O)(=O)NC(=O)CCCN1CCC(C[C@@H]2C[C@H]2c2ccccc2)CC1. The summed E-state index contributed by atoms with van der Waals surface area (Å²) in [4.78, 5) is 14.1. The van der Waals surface area contributed by atoms with Crippen molar-refractivity contribution in [1.82, 2.24) is 9.62 Å². The quantitative estimate of drug-likeness (QED) is 0.701. The smallest absolute Gasteiger partial charge is 0.234 e. The zero-order valence-electron chi connectivity index (χ0n) is 16.3. The van der Waals surface area contributed by atoms with E-state index in [0.717, 1.165) is 37.4 Å². The summed E-state index contributed by atoms with van der Waals surface area (Å²) in [5, 5.41) is 0. The van der Waals surface area contributed by atoms with Crippen LogP contribution in [0.4, 0.5) is 0 Å².